The highest BCUT2D eigenvalue weighted by Crippen LogP contribution is 2.31. The van der Waals surface area contributed by atoms with Gasteiger partial charge in [0.15, 0.2) is 0 Å². The second-order valence-electron chi connectivity index (χ2n) is 7.80. The number of carbonyl (C=O) groups excluding carboxylic acids is 2. The summed E-state index contributed by atoms with van der Waals surface area (Å²) in [5.74, 6) is 0.0232. The molecular formula is C24H25FN2O2. The molecule has 2 fully saturated rings. The third-order valence-corrected chi connectivity index (χ3v) is 5.93. The van der Waals surface area contributed by atoms with Gasteiger partial charge < -0.3 is 9.80 Å². The molecule has 2 heterocycles. The second-order valence-corrected chi connectivity index (χ2v) is 7.80. The van der Waals surface area contributed by atoms with Crippen molar-refractivity contribution in [2.24, 2.45) is 5.92 Å². The van der Waals surface area contributed by atoms with Crippen molar-refractivity contribution in [2.45, 2.75) is 25.3 Å². The molecule has 2 aromatic rings. The standard InChI is InChI=1S/C24H25FN2O2/c25-21-10-4-6-18(16-21)11-12-23(28)27-14-5-9-20-17-26(15-13-22(20)27)24(29)19-7-2-1-3-8-19/h1-4,6-8,10-12,16,20,22H,5,9,13-15,17H2/b12-11+/t20-,22+/m1/s1. The van der Waals surface area contributed by atoms with Crippen molar-refractivity contribution in [1.82, 2.24) is 9.80 Å². The van der Waals surface area contributed by atoms with Gasteiger partial charge in [-0.15, -0.1) is 0 Å². The summed E-state index contributed by atoms with van der Waals surface area (Å²) < 4.78 is 13.3. The number of carbonyl (C=O) groups is 2. The molecule has 2 atom stereocenters. The molecular weight excluding hydrogens is 367 g/mol. The Hall–Kier alpha value is -2.95. The number of likely N-dealkylation sites (tertiary alicyclic amines) is 2. The van der Waals surface area contributed by atoms with Crippen LogP contribution in [0.2, 0.25) is 0 Å². The summed E-state index contributed by atoms with van der Waals surface area (Å²) in [6.45, 7) is 2.09. The Bertz CT molecular complexity index is 912. The third kappa shape index (κ3) is 4.39. The maximum absolute atomic E-state index is 13.3. The summed E-state index contributed by atoms with van der Waals surface area (Å²) in [5.41, 5.74) is 1.39. The Morgan fingerprint density at radius 3 is 2.62 bits per heavy atom. The lowest BCUT2D eigenvalue weighted by Gasteiger charge is -2.47. The van der Waals surface area contributed by atoms with E-state index in [-0.39, 0.29) is 23.7 Å². The van der Waals surface area contributed by atoms with Crippen LogP contribution in [0.1, 0.15) is 35.2 Å². The second kappa shape index (κ2) is 8.60. The molecule has 0 unspecified atom stereocenters. The Labute approximate surface area is 170 Å². The first-order valence-electron chi connectivity index (χ1n) is 10.2. The highest BCUT2D eigenvalue weighted by atomic mass is 19.1. The van der Waals surface area contributed by atoms with Gasteiger partial charge in [0.25, 0.3) is 5.91 Å². The molecule has 0 aliphatic carbocycles. The van der Waals surface area contributed by atoms with Crippen LogP contribution in [0.4, 0.5) is 4.39 Å². The number of nitrogens with zero attached hydrogens (tertiary/aromatic N) is 2. The van der Waals surface area contributed by atoms with Crippen LogP contribution in [-0.4, -0.2) is 47.3 Å². The summed E-state index contributed by atoms with van der Waals surface area (Å²) in [6, 6.07) is 15.7. The van der Waals surface area contributed by atoms with Crippen LogP contribution in [0.25, 0.3) is 6.08 Å². The summed E-state index contributed by atoms with van der Waals surface area (Å²) in [4.78, 5) is 29.5. The monoisotopic (exact) mass is 392 g/mol. The molecule has 0 aromatic heterocycles. The van der Waals surface area contributed by atoms with Crippen molar-refractivity contribution < 1.29 is 14.0 Å². The van der Waals surface area contributed by atoms with Gasteiger partial charge in [0.2, 0.25) is 5.91 Å². The number of rotatable bonds is 3. The molecule has 29 heavy (non-hydrogen) atoms. The predicted molar refractivity (Wildman–Crippen MR) is 111 cm³/mol. The summed E-state index contributed by atoms with van der Waals surface area (Å²) in [7, 11) is 0. The molecule has 0 radical (unpaired) electrons. The third-order valence-electron chi connectivity index (χ3n) is 5.93. The Kier molecular flexibility index (Phi) is 5.74. The van der Waals surface area contributed by atoms with Gasteiger partial charge in [-0.1, -0.05) is 30.3 Å². The maximum Gasteiger partial charge on any atom is 0.253 e. The van der Waals surface area contributed by atoms with Crippen molar-refractivity contribution in [3.05, 3.63) is 77.6 Å². The first-order valence-corrected chi connectivity index (χ1v) is 10.2. The van der Waals surface area contributed by atoms with Gasteiger partial charge in [0.1, 0.15) is 5.82 Å². The van der Waals surface area contributed by atoms with Gasteiger partial charge in [-0.3, -0.25) is 9.59 Å². The molecule has 4 rings (SSSR count). The number of halogens is 1. The van der Waals surface area contributed by atoms with Crippen LogP contribution in [-0.2, 0) is 4.79 Å². The van der Waals surface area contributed by atoms with E-state index in [0.29, 0.717) is 30.1 Å². The molecule has 2 aromatic carbocycles. The lowest BCUT2D eigenvalue weighted by Crippen LogP contribution is -2.56. The van der Waals surface area contributed by atoms with E-state index < -0.39 is 0 Å². The van der Waals surface area contributed by atoms with Gasteiger partial charge in [0, 0.05) is 37.3 Å². The Balaban J connectivity index is 1.42. The minimum Gasteiger partial charge on any atom is -0.338 e. The molecule has 2 aliphatic heterocycles. The van der Waals surface area contributed by atoms with E-state index in [0.717, 1.165) is 25.8 Å². The molecule has 2 saturated heterocycles. The maximum atomic E-state index is 13.3. The minimum absolute atomic E-state index is 0.0354. The van der Waals surface area contributed by atoms with Crippen molar-refractivity contribution in [1.29, 1.82) is 0 Å². The van der Waals surface area contributed by atoms with Gasteiger partial charge in [-0.25, -0.2) is 4.39 Å². The number of hydrogen-bond acceptors (Lipinski definition) is 2. The van der Waals surface area contributed by atoms with Crippen LogP contribution >= 0.6 is 0 Å². The minimum atomic E-state index is -0.312. The van der Waals surface area contributed by atoms with Crippen molar-refractivity contribution in [3.8, 4) is 0 Å². The summed E-state index contributed by atoms with van der Waals surface area (Å²) in [6.07, 6.45) is 5.97. The zero-order valence-electron chi connectivity index (χ0n) is 16.3. The summed E-state index contributed by atoms with van der Waals surface area (Å²) >= 11 is 0. The average Bonchev–Trinajstić information content (AvgIpc) is 2.77. The van der Waals surface area contributed by atoms with E-state index in [1.165, 1.54) is 12.1 Å². The van der Waals surface area contributed by atoms with Gasteiger partial charge in [-0.2, -0.15) is 0 Å². The van der Waals surface area contributed by atoms with Gasteiger partial charge in [-0.05, 0) is 61.1 Å². The molecule has 0 spiro atoms. The molecule has 0 N–H and O–H groups in total. The number of amides is 2. The first kappa shape index (κ1) is 19.4. The quantitative estimate of drug-likeness (QED) is 0.741. The SMILES string of the molecule is O=C(c1ccccc1)N1CC[C@H]2[C@H](CCCN2C(=O)/C=C/c2cccc(F)c2)C1. The molecule has 4 nitrogen and oxygen atoms in total. The van der Waals surface area contributed by atoms with E-state index in [1.807, 2.05) is 40.1 Å². The van der Waals surface area contributed by atoms with Crippen LogP contribution in [0.5, 0.6) is 0 Å². The van der Waals surface area contributed by atoms with E-state index in [1.54, 1.807) is 24.3 Å². The normalized spacial score (nSPS) is 21.8. The van der Waals surface area contributed by atoms with E-state index >= 15 is 0 Å². The lowest BCUT2D eigenvalue weighted by atomic mass is 9.83. The number of fused-ring (bicyclic) bond motifs is 1. The van der Waals surface area contributed by atoms with Crippen LogP contribution in [0.3, 0.4) is 0 Å². The van der Waals surface area contributed by atoms with Crippen LogP contribution in [0.15, 0.2) is 60.7 Å². The van der Waals surface area contributed by atoms with Crippen molar-refractivity contribution >= 4 is 17.9 Å². The molecule has 2 amide bonds. The molecule has 0 saturated carbocycles. The lowest BCUT2D eigenvalue weighted by molar-refractivity contribution is -0.132. The largest absolute Gasteiger partial charge is 0.338 e. The number of benzene rings is 2. The smallest absolute Gasteiger partial charge is 0.253 e. The predicted octanol–water partition coefficient (Wildman–Crippen LogP) is 3.99. The molecule has 2 aliphatic rings. The first-order chi connectivity index (χ1) is 14.1. The van der Waals surface area contributed by atoms with E-state index in [4.69, 9.17) is 0 Å². The van der Waals surface area contributed by atoms with Crippen LogP contribution in [0, 0.1) is 11.7 Å². The zero-order chi connectivity index (χ0) is 20.2. The Morgan fingerprint density at radius 2 is 1.83 bits per heavy atom. The summed E-state index contributed by atoms with van der Waals surface area (Å²) in [5, 5.41) is 0. The zero-order valence-corrected chi connectivity index (χ0v) is 16.3. The van der Waals surface area contributed by atoms with Crippen molar-refractivity contribution in [3.63, 3.8) is 0 Å². The van der Waals surface area contributed by atoms with Crippen molar-refractivity contribution in [2.75, 3.05) is 19.6 Å². The molecule has 5 heteroatoms. The highest BCUT2D eigenvalue weighted by Gasteiger charge is 2.38. The van der Waals surface area contributed by atoms with E-state index in [2.05, 4.69) is 0 Å². The van der Waals surface area contributed by atoms with Gasteiger partial charge >= 0.3 is 0 Å². The van der Waals surface area contributed by atoms with Gasteiger partial charge in [0.05, 0.1) is 0 Å². The topological polar surface area (TPSA) is 40.6 Å². The molecule has 0 bridgehead atoms. The fourth-order valence-corrected chi connectivity index (χ4v) is 4.50. The fraction of sp³-hybridized carbons (Fsp3) is 0.333. The Morgan fingerprint density at radius 1 is 1.00 bits per heavy atom. The van der Waals surface area contributed by atoms with Crippen LogP contribution < -0.4 is 0 Å². The average molecular weight is 392 g/mol. The molecule has 150 valence electrons. The highest BCUT2D eigenvalue weighted by molar-refractivity contribution is 5.94. The number of piperidine rings is 2. The number of hydrogen-bond donors (Lipinski definition) is 0. The van der Waals surface area contributed by atoms with E-state index in [9.17, 15) is 14.0 Å². The fourth-order valence-electron chi connectivity index (χ4n) is 4.50.